The van der Waals surface area contributed by atoms with Gasteiger partial charge in [-0.2, -0.15) is 0 Å². The second-order valence-corrected chi connectivity index (χ2v) is 8.76. The smallest absolute Gasteiger partial charge is 0.262 e. The van der Waals surface area contributed by atoms with Crippen molar-refractivity contribution in [2.75, 3.05) is 17.8 Å². The maximum Gasteiger partial charge on any atom is 0.262 e. The molecule has 1 saturated heterocycles. The van der Waals surface area contributed by atoms with Crippen molar-refractivity contribution in [3.05, 3.63) is 59.2 Å². The van der Waals surface area contributed by atoms with Crippen molar-refractivity contribution >= 4 is 34.0 Å². The van der Waals surface area contributed by atoms with Gasteiger partial charge in [-0.3, -0.25) is 9.52 Å². The summed E-state index contributed by atoms with van der Waals surface area (Å²) in [5.41, 5.74) is 8.45. The van der Waals surface area contributed by atoms with Gasteiger partial charge >= 0.3 is 0 Å². The monoisotopic (exact) mass is 423 g/mol. The number of rotatable bonds is 4. The maximum atomic E-state index is 12.7. The Morgan fingerprint density at radius 1 is 1.14 bits per heavy atom. The normalized spacial score (nSPS) is 17.0. The molecule has 2 aromatic rings. The molecule has 0 spiro atoms. The minimum absolute atomic E-state index is 0. The lowest BCUT2D eigenvalue weighted by Gasteiger charge is -2.30. The molecule has 1 unspecified atom stereocenters. The number of likely N-dealkylation sites (tertiary alicyclic amines) is 1. The molecular weight excluding hydrogens is 398 g/mol. The first-order valence-corrected chi connectivity index (χ1v) is 10.5. The van der Waals surface area contributed by atoms with Crippen LogP contribution in [0.1, 0.15) is 34.3 Å². The van der Waals surface area contributed by atoms with Gasteiger partial charge in [0.2, 0.25) is 0 Å². The molecule has 2 aromatic carbocycles. The summed E-state index contributed by atoms with van der Waals surface area (Å²) in [6.07, 6.45) is 1.84. The molecule has 3 N–H and O–H groups in total. The summed E-state index contributed by atoms with van der Waals surface area (Å²) in [4.78, 5) is 14.6. The number of amides is 1. The minimum Gasteiger partial charge on any atom is -0.337 e. The number of nitrogens with one attached hydrogen (secondary N) is 1. The number of hydrogen-bond donors (Lipinski definition) is 2. The molecule has 6 nitrogen and oxygen atoms in total. The van der Waals surface area contributed by atoms with Gasteiger partial charge in [0.1, 0.15) is 0 Å². The predicted octanol–water partition coefficient (Wildman–Crippen LogP) is 3.09. The third-order valence-electron chi connectivity index (χ3n) is 4.76. The number of carbonyl (C=O) groups is 1. The molecule has 8 heteroatoms. The average Bonchev–Trinajstić information content (AvgIpc) is 2.63. The van der Waals surface area contributed by atoms with Crippen molar-refractivity contribution in [3.63, 3.8) is 0 Å². The highest BCUT2D eigenvalue weighted by Crippen LogP contribution is 2.21. The lowest BCUT2D eigenvalue weighted by atomic mass is 10.1. The van der Waals surface area contributed by atoms with Crippen LogP contribution in [-0.2, 0) is 10.0 Å². The molecule has 1 amide bonds. The molecule has 0 aliphatic carbocycles. The Hall–Kier alpha value is -2.09. The number of halogens is 1. The molecule has 0 saturated carbocycles. The second kappa shape index (κ2) is 8.94. The van der Waals surface area contributed by atoms with E-state index in [9.17, 15) is 13.2 Å². The largest absolute Gasteiger partial charge is 0.337 e. The quantitative estimate of drug-likeness (QED) is 0.790. The number of sulfonamides is 1. The summed E-state index contributed by atoms with van der Waals surface area (Å²) < 4.78 is 27.9. The standard InChI is InChI=1S/C20H25N3O3S.ClH/c1-14-5-6-15(2)19(12-14)27(25,26)22-18-9-7-16(8-10-18)20(24)23-11-3-4-17(21)13-23;/h5-10,12,17,22H,3-4,11,13,21H2,1-2H3;1H. The number of hydrogen-bond acceptors (Lipinski definition) is 4. The van der Waals surface area contributed by atoms with Crippen molar-refractivity contribution in [1.29, 1.82) is 0 Å². The van der Waals surface area contributed by atoms with E-state index in [2.05, 4.69) is 4.72 Å². The Kier molecular flexibility index (Phi) is 7.09. The van der Waals surface area contributed by atoms with Crippen molar-refractivity contribution in [2.45, 2.75) is 37.6 Å². The Labute approximate surface area is 172 Å². The third-order valence-corrected chi connectivity index (χ3v) is 6.29. The Balaban J connectivity index is 0.00000280. The Bertz CT molecular complexity index is 946. The summed E-state index contributed by atoms with van der Waals surface area (Å²) in [5.74, 6) is -0.0749. The maximum absolute atomic E-state index is 12.7. The molecule has 1 atom stereocenters. The van der Waals surface area contributed by atoms with E-state index in [4.69, 9.17) is 5.73 Å². The molecule has 1 fully saturated rings. The summed E-state index contributed by atoms with van der Waals surface area (Å²) in [5, 5.41) is 0. The Morgan fingerprint density at radius 3 is 2.46 bits per heavy atom. The molecule has 152 valence electrons. The fourth-order valence-electron chi connectivity index (χ4n) is 3.26. The van der Waals surface area contributed by atoms with Crippen LogP contribution in [0.15, 0.2) is 47.4 Å². The number of piperidine rings is 1. The Morgan fingerprint density at radius 2 is 1.82 bits per heavy atom. The summed E-state index contributed by atoms with van der Waals surface area (Å²) >= 11 is 0. The minimum atomic E-state index is -3.69. The summed E-state index contributed by atoms with van der Waals surface area (Å²) in [7, 11) is -3.69. The zero-order valence-corrected chi connectivity index (χ0v) is 17.6. The van der Waals surface area contributed by atoms with Gasteiger partial charge in [-0.25, -0.2) is 8.42 Å². The van der Waals surface area contributed by atoms with Gasteiger partial charge in [-0.15, -0.1) is 12.4 Å². The number of nitrogens with zero attached hydrogens (tertiary/aromatic N) is 1. The van der Waals surface area contributed by atoms with Gasteiger partial charge in [0.25, 0.3) is 15.9 Å². The van der Waals surface area contributed by atoms with Gasteiger partial charge < -0.3 is 10.6 Å². The van der Waals surface area contributed by atoms with E-state index < -0.39 is 10.0 Å². The van der Waals surface area contributed by atoms with Gasteiger partial charge in [0.05, 0.1) is 4.90 Å². The summed E-state index contributed by atoms with van der Waals surface area (Å²) in [6.45, 7) is 4.87. The van der Waals surface area contributed by atoms with Gasteiger partial charge in [-0.1, -0.05) is 12.1 Å². The van der Waals surface area contributed by atoms with Gasteiger partial charge in [0, 0.05) is 30.4 Å². The van der Waals surface area contributed by atoms with Crippen LogP contribution in [0.3, 0.4) is 0 Å². The van der Waals surface area contributed by atoms with E-state index in [1.165, 1.54) is 0 Å². The first-order chi connectivity index (χ1) is 12.8. The first kappa shape index (κ1) is 22.2. The highest BCUT2D eigenvalue weighted by molar-refractivity contribution is 7.92. The topological polar surface area (TPSA) is 92.5 Å². The molecule has 28 heavy (non-hydrogen) atoms. The fraction of sp³-hybridized carbons (Fsp3) is 0.350. The van der Waals surface area contributed by atoms with E-state index in [1.807, 2.05) is 13.0 Å². The highest BCUT2D eigenvalue weighted by atomic mass is 35.5. The van der Waals surface area contributed by atoms with Crippen LogP contribution in [0.2, 0.25) is 0 Å². The average molecular weight is 424 g/mol. The molecule has 0 bridgehead atoms. The van der Waals surface area contributed by atoms with Crippen LogP contribution in [0.4, 0.5) is 5.69 Å². The van der Waals surface area contributed by atoms with Crippen LogP contribution in [0, 0.1) is 13.8 Å². The molecular formula is C20H26ClN3O3S. The fourth-order valence-corrected chi connectivity index (χ4v) is 4.65. The summed E-state index contributed by atoms with van der Waals surface area (Å²) in [6, 6.07) is 11.8. The van der Waals surface area contributed by atoms with E-state index in [0.29, 0.717) is 29.9 Å². The van der Waals surface area contributed by atoms with Crippen molar-refractivity contribution in [1.82, 2.24) is 4.90 Å². The van der Waals surface area contributed by atoms with Gasteiger partial charge in [0.15, 0.2) is 0 Å². The molecule has 0 radical (unpaired) electrons. The molecule has 1 heterocycles. The highest BCUT2D eigenvalue weighted by Gasteiger charge is 2.22. The number of benzene rings is 2. The number of aryl methyl sites for hydroxylation is 2. The zero-order chi connectivity index (χ0) is 19.6. The van der Waals surface area contributed by atoms with E-state index in [1.54, 1.807) is 48.2 Å². The van der Waals surface area contributed by atoms with E-state index in [-0.39, 0.29) is 29.3 Å². The third kappa shape index (κ3) is 5.04. The van der Waals surface area contributed by atoms with Crippen molar-refractivity contribution in [3.8, 4) is 0 Å². The second-order valence-electron chi connectivity index (χ2n) is 7.11. The van der Waals surface area contributed by atoms with Crippen LogP contribution in [0.5, 0.6) is 0 Å². The van der Waals surface area contributed by atoms with Crippen LogP contribution < -0.4 is 10.5 Å². The molecule has 3 rings (SSSR count). The lowest BCUT2D eigenvalue weighted by molar-refractivity contribution is 0.0709. The van der Waals surface area contributed by atoms with Crippen molar-refractivity contribution < 1.29 is 13.2 Å². The molecule has 1 aliphatic heterocycles. The number of nitrogens with two attached hydrogens (primary N) is 1. The predicted molar refractivity (Wildman–Crippen MR) is 114 cm³/mol. The van der Waals surface area contributed by atoms with Crippen LogP contribution >= 0.6 is 12.4 Å². The zero-order valence-electron chi connectivity index (χ0n) is 16.0. The van der Waals surface area contributed by atoms with Crippen LogP contribution in [-0.4, -0.2) is 38.4 Å². The van der Waals surface area contributed by atoms with E-state index >= 15 is 0 Å². The molecule has 0 aromatic heterocycles. The lowest BCUT2D eigenvalue weighted by Crippen LogP contribution is -2.45. The SMILES string of the molecule is Cc1ccc(C)c(S(=O)(=O)Nc2ccc(C(=O)N3CCCC(N)C3)cc2)c1.Cl. The first-order valence-electron chi connectivity index (χ1n) is 9.01. The number of anilines is 1. The van der Waals surface area contributed by atoms with E-state index in [0.717, 1.165) is 18.4 Å². The van der Waals surface area contributed by atoms with Crippen molar-refractivity contribution in [2.24, 2.45) is 5.73 Å². The molecule has 1 aliphatic rings. The van der Waals surface area contributed by atoms with Crippen LogP contribution in [0.25, 0.3) is 0 Å². The number of carbonyl (C=O) groups excluding carboxylic acids is 1. The van der Waals surface area contributed by atoms with Gasteiger partial charge in [-0.05, 0) is 68.1 Å².